The molecule has 0 saturated heterocycles. The maximum atomic E-state index is 13.3. The van der Waals surface area contributed by atoms with E-state index in [1.807, 2.05) is 36.4 Å². The van der Waals surface area contributed by atoms with Gasteiger partial charge in [0.2, 0.25) is 0 Å². The Kier molecular flexibility index (Phi) is 7.42. The van der Waals surface area contributed by atoms with E-state index >= 15 is 0 Å². The number of benzene rings is 2. The Labute approximate surface area is 211 Å². The highest BCUT2D eigenvalue weighted by Gasteiger charge is 2.43. The van der Waals surface area contributed by atoms with Crippen LogP contribution in [0.2, 0.25) is 0 Å². The van der Waals surface area contributed by atoms with E-state index in [9.17, 15) is 4.79 Å². The number of esters is 1. The number of rotatable bonds is 5. The van der Waals surface area contributed by atoms with E-state index < -0.39 is 0 Å². The minimum Gasteiger partial charge on any atom is -0.497 e. The van der Waals surface area contributed by atoms with Gasteiger partial charge in [0.05, 0.1) is 19.8 Å². The van der Waals surface area contributed by atoms with E-state index in [0.717, 1.165) is 47.2 Å². The molecule has 4 rings (SSSR count). The Bertz CT molecular complexity index is 1070. The zero-order valence-electron chi connectivity index (χ0n) is 20.8. The first-order valence-electron chi connectivity index (χ1n) is 12.2. The standard InChI is InChI=1S/C29H35BrO4/c1-18-8-14-24-22(7-6-16-29(24,2)3)26(23-17-21(32-4)13-15-25(23)33-5)27(18)34-28(31)19-9-11-20(30)12-10-19/h9-13,15,17-18,26-27H,6-8,14,16H2,1-5H3/t18-,26-,27+/m1/s1. The summed E-state index contributed by atoms with van der Waals surface area (Å²) in [6.07, 6.45) is 5.07. The Balaban J connectivity index is 1.85. The lowest BCUT2D eigenvalue weighted by atomic mass is 9.68. The number of ether oxygens (including phenoxy) is 3. The number of hydrogen-bond acceptors (Lipinski definition) is 4. The highest BCUT2D eigenvalue weighted by molar-refractivity contribution is 9.10. The lowest BCUT2D eigenvalue weighted by molar-refractivity contribution is 0.00994. The maximum absolute atomic E-state index is 13.3. The Morgan fingerprint density at radius 2 is 1.76 bits per heavy atom. The molecule has 0 bridgehead atoms. The molecule has 0 amide bonds. The van der Waals surface area contributed by atoms with E-state index in [1.165, 1.54) is 17.6 Å². The van der Waals surface area contributed by atoms with Gasteiger partial charge in [0.25, 0.3) is 0 Å². The van der Waals surface area contributed by atoms with Crippen LogP contribution < -0.4 is 9.47 Å². The number of carbonyl (C=O) groups is 1. The van der Waals surface area contributed by atoms with Gasteiger partial charge in [-0.2, -0.15) is 0 Å². The van der Waals surface area contributed by atoms with Crippen LogP contribution >= 0.6 is 15.9 Å². The van der Waals surface area contributed by atoms with Crippen molar-refractivity contribution in [3.63, 3.8) is 0 Å². The zero-order valence-corrected chi connectivity index (χ0v) is 22.4. The summed E-state index contributed by atoms with van der Waals surface area (Å²) in [4.78, 5) is 13.3. The van der Waals surface area contributed by atoms with E-state index in [4.69, 9.17) is 14.2 Å². The second-order valence-corrected chi connectivity index (χ2v) is 11.1. The Morgan fingerprint density at radius 3 is 2.44 bits per heavy atom. The summed E-state index contributed by atoms with van der Waals surface area (Å²) in [6.45, 7) is 6.94. The molecule has 0 unspecified atom stereocenters. The van der Waals surface area contributed by atoms with E-state index in [1.54, 1.807) is 14.2 Å². The molecule has 0 aliphatic heterocycles. The molecule has 0 N–H and O–H groups in total. The third kappa shape index (κ3) is 4.91. The second kappa shape index (κ2) is 10.2. The molecule has 0 heterocycles. The molecule has 0 aromatic heterocycles. The minimum atomic E-state index is -0.293. The molecule has 182 valence electrons. The number of carbonyl (C=O) groups excluding carboxylic acids is 1. The van der Waals surface area contributed by atoms with Gasteiger partial charge in [-0.3, -0.25) is 0 Å². The van der Waals surface area contributed by atoms with Crippen molar-refractivity contribution in [2.75, 3.05) is 14.2 Å². The Morgan fingerprint density at radius 1 is 1.03 bits per heavy atom. The van der Waals surface area contributed by atoms with Crippen LogP contribution in [0.3, 0.4) is 0 Å². The average molecular weight is 527 g/mol. The normalized spacial score (nSPS) is 24.1. The van der Waals surface area contributed by atoms with Gasteiger partial charge in [0.1, 0.15) is 17.6 Å². The molecule has 2 aromatic rings. The monoisotopic (exact) mass is 526 g/mol. The lowest BCUT2D eigenvalue weighted by Crippen LogP contribution is -2.33. The molecule has 34 heavy (non-hydrogen) atoms. The smallest absolute Gasteiger partial charge is 0.338 e. The molecule has 0 fully saturated rings. The van der Waals surface area contributed by atoms with Crippen molar-refractivity contribution in [2.45, 2.75) is 64.9 Å². The van der Waals surface area contributed by atoms with Crippen molar-refractivity contribution >= 4 is 21.9 Å². The van der Waals surface area contributed by atoms with Crippen molar-refractivity contribution in [3.05, 3.63) is 69.2 Å². The zero-order chi connectivity index (χ0) is 24.5. The summed E-state index contributed by atoms with van der Waals surface area (Å²) in [5.41, 5.74) is 4.69. The van der Waals surface area contributed by atoms with Crippen LogP contribution in [0.4, 0.5) is 0 Å². The molecule has 2 aromatic carbocycles. The van der Waals surface area contributed by atoms with Gasteiger partial charge in [0, 0.05) is 16.0 Å². The first-order valence-corrected chi connectivity index (χ1v) is 13.0. The maximum Gasteiger partial charge on any atom is 0.338 e. The predicted octanol–water partition coefficient (Wildman–Crippen LogP) is 7.71. The largest absolute Gasteiger partial charge is 0.497 e. The van der Waals surface area contributed by atoms with Crippen molar-refractivity contribution in [3.8, 4) is 11.5 Å². The van der Waals surface area contributed by atoms with E-state index in [2.05, 4.69) is 42.8 Å². The molecule has 0 spiro atoms. The first-order chi connectivity index (χ1) is 16.2. The molecule has 3 atom stereocenters. The van der Waals surface area contributed by atoms with Crippen LogP contribution in [0.25, 0.3) is 0 Å². The molecular formula is C29H35BrO4. The van der Waals surface area contributed by atoms with Crippen molar-refractivity contribution in [1.82, 2.24) is 0 Å². The molecule has 2 aliphatic rings. The number of hydrogen-bond donors (Lipinski definition) is 0. The number of allylic oxidation sites excluding steroid dienone is 1. The fourth-order valence-corrected chi connectivity index (χ4v) is 6.04. The van der Waals surface area contributed by atoms with Crippen LogP contribution in [0.15, 0.2) is 58.1 Å². The van der Waals surface area contributed by atoms with Crippen molar-refractivity contribution in [2.24, 2.45) is 11.3 Å². The van der Waals surface area contributed by atoms with Crippen molar-refractivity contribution < 1.29 is 19.0 Å². The molecule has 2 aliphatic carbocycles. The van der Waals surface area contributed by atoms with Gasteiger partial charge in [0.15, 0.2) is 0 Å². The lowest BCUT2D eigenvalue weighted by Gasteiger charge is -2.39. The highest BCUT2D eigenvalue weighted by atomic mass is 79.9. The quantitative estimate of drug-likeness (QED) is 0.295. The first kappa shape index (κ1) is 24.8. The minimum absolute atomic E-state index is 0.0727. The molecular weight excluding hydrogens is 492 g/mol. The summed E-state index contributed by atoms with van der Waals surface area (Å²) in [6, 6.07) is 13.3. The van der Waals surface area contributed by atoms with Crippen LogP contribution in [0.1, 0.15) is 74.7 Å². The topological polar surface area (TPSA) is 44.8 Å². The summed E-state index contributed by atoms with van der Waals surface area (Å²) < 4.78 is 18.7. The summed E-state index contributed by atoms with van der Waals surface area (Å²) in [5.74, 6) is 1.43. The van der Waals surface area contributed by atoms with Crippen LogP contribution in [-0.4, -0.2) is 26.3 Å². The highest BCUT2D eigenvalue weighted by Crippen LogP contribution is 2.53. The van der Waals surface area contributed by atoms with Gasteiger partial charge >= 0.3 is 5.97 Å². The number of halogens is 1. The van der Waals surface area contributed by atoms with E-state index in [0.29, 0.717) is 5.56 Å². The fourth-order valence-electron chi connectivity index (χ4n) is 5.77. The van der Waals surface area contributed by atoms with E-state index in [-0.39, 0.29) is 29.3 Å². The third-order valence-corrected chi connectivity index (χ3v) is 8.19. The molecule has 0 saturated carbocycles. The van der Waals surface area contributed by atoms with Gasteiger partial charge in [-0.15, -0.1) is 0 Å². The summed E-state index contributed by atoms with van der Waals surface area (Å²) in [5, 5.41) is 0. The van der Waals surface area contributed by atoms with Crippen LogP contribution in [0.5, 0.6) is 11.5 Å². The third-order valence-electron chi connectivity index (χ3n) is 7.66. The van der Waals surface area contributed by atoms with Crippen LogP contribution in [-0.2, 0) is 4.74 Å². The average Bonchev–Trinajstić information content (AvgIpc) is 2.96. The van der Waals surface area contributed by atoms with Crippen LogP contribution in [0, 0.1) is 11.3 Å². The van der Waals surface area contributed by atoms with Gasteiger partial charge < -0.3 is 14.2 Å². The van der Waals surface area contributed by atoms with Gasteiger partial charge in [-0.1, -0.05) is 47.8 Å². The predicted molar refractivity (Wildman–Crippen MR) is 139 cm³/mol. The van der Waals surface area contributed by atoms with Gasteiger partial charge in [-0.05, 0) is 85.9 Å². The summed E-state index contributed by atoms with van der Waals surface area (Å²) in [7, 11) is 3.38. The summed E-state index contributed by atoms with van der Waals surface area (Å²) >= 11 is 3.45. The molecule has 5 heteroatoms. The van der Waals surface area contributed by atoms with Gasteiger partial charge in [-0.25, -0.2) is 4.79 Å². The van der Waals surface area contributed by atoms with Crippen molar-refractivity contribution in [1.29, 1.82) is 0 Å². The fraction of sp³-hybridized carbons (Fsp3) is 0.483. The SMILES string of the molecule is COc1ccc(OC)c([C@H]2C3=C(CC[C@@H](C)[C@@H]2OC(=O)c2ccc(Br)cc2)C(C)(C)CCC3)c1. The second-order valence-electron chi connectivity index (χ2n) is 10.2. The molecule has 4 nitrogen and oxygen atoms in total. The number of methoxy groups -OCH3 is 2. The Hall–Kier alpha value is -2.27. The molecule has 0 radical (unpaired) electrons.